The van der Waals surface area contributed by atoms with Gasteiger partial charge in [0.05, 0.1) is 37.3 Å². The van der Waals surface area contributed by atoms with Crippen LogP contribution in [0.25, 0.3) is 16.8 Å². The monoisotopic (exact) mass is 447 g/mol. The minimum atomic E-state index is -4.78. The molecule has 0 radical (unpaired) electrons. The van der Waals surface area contributed by atoms with Crippen LogP contribution in [0, 0.1) is 0 Å². The number of para-hydroxylation sites is 1. The number of H-pyrrole nitrogens is 1. The minimum Gasteiger partial charge on any atom is -0.503 e. The summed E-state index contributed by atoms with van der Waals surface area (Å²) < 4.78 is 55.6. The Kier molecular flexibility index (Phi) is 6.57. The van der Waals surface area contributed by atoms with Crippen LogP contribution in [-0.2, 0) is 20.4 Å². The number of carbonyl (C=O) groups is 1. The number of halogens is 3. The number of hydrogen-bond donors (Lipinski definition) is 1. The van der Waals surface area contributed by atoms with E-state index in [2.05, 4.69) is 15.0 Å². The molecule has 3 rings (SSSR count). The number of nitrogens with zero attached hydrogens (tertiary/aromatic N) is 2. The molecule has 0 saturated carbocycles. The summed E-state index contributed by atoms with van der Waals surface area (Å²) in [5.74, 6) is -0.707. The molecular weight excluding hydrogens is 431 g/mol. The largest absolute Gasteiger partial charge is 0.503 e. The van der Waals surface area contributed by atoms with Crippen molar-refractivity contribution in [3.05, 3.63) is 76.7 Å². The topological polar surface area (TPSA) is 103 Å². The molecule has 0 aliphatic rings. The van der Waals surface area contributed by atoms with E-state index >= 15 is 0 Å². The number of hydrogen-bond acceptors (Lipinski definition) is 7. The maximum atomic E-state index is 13.4. The molecule has 0 amide bonds. The van der Waals surface area contributed by atoms with E-state index in [0.717, 1.165) is 24.7 Å². The highest BCUT2D eigenvalue weighted by Crippen LogP contribution is 2.35. The molecule has 2 heterocycles. The molecule has 0 saturated heterocycles. The van der Waals surface area contributed by atoms with E-state index in [1.165, 1.54) is 26.5 Å². The van der Waals surface area contributed by atoms with Crippen molar-refractivity contribution in [2.24, 2.45) is 0 Å². The van der Waals surface area contributed by atoms with Crippen molar-refractivity contribution in [1.82, 2.24) is 15.0 Å². The number of esters is 1. The van der Waals surface area contributed by atoms with Crippen LogP contribution in [0.1, 0.15) is 11.1 Å². The number of benzene rings is 1. The van der Waals surface area contributed by atoms with Crippen LogP contribution in [0.2, 0.25) is 0 Å². The van der Waals surface area contributed by atoms with Gasteiger partial charge < -0.3 is 19.2 Å². The van der Waals surface area contributed by atoms with Crippen LogP contribution < -0.4 is 10.3 Å². The first-order valence-electron chi connectivity index (χ1n) is 8.96. The first-order valence-corrected chi connectivity index (χ1v) is 8.96. The molecule has 166 valence electrons. The smallest absolute Gasteiger partial charge is 0.417 e. The minimum absolute atomic E-state index is 0.0405. The van der Waals surface area contributed by atoms with E-state index in [4.69, 9.17) is 14.2 Å². The number of ether oxygens (including phenoxy) is 3. The Hall–Kier alpha value is -4.15. The second kappa shape index (κ2) is 9.33. The van der Waals surface area contributed by atoms with Crippen LogP contribution in [0.4, 0.5) is 13.2 Å². The summed E-state index contributed by atoms with van der Waals surface area (Å²) in [7, 11) is 2.54. The number of alkyl halides is 3. The molecule has 0 spiro atoms. The maximum absolute atomic E-state index is 13.4. The number of pyridine rings is 1. The quantitative estimate of drug-likeness (QED) is 0.348. The van der Waals surface area contributed by atoms with Crippen molar-refractivity contribution >= 4 is 11.5 Å². The molecule has 0 fully saturated rings. The lowest BCUT2D eigenvalue weighted by atomic mass is 10.1. The molecule has 11 heteroatoms. The lowest BCUT2D eigenvalue weighted by molar-refractivity contribution is -0.137. The molecule has 1 N–H and O–H groups in total. The molecule has 2 aromatic heterocycles. The third kappa shape index (κ3) is 4.77. The molecule has 0 unspecified atom stereocenters. The van der Waals surface area contributed by atoms with E-state index < -0.39 is 28.8 Å². The zero-order valence-electron chi connectivity index (χ0n) is 16.8. The second-order valence-corrected chi connectivity index (χ2v) is 6.19. The van der Waals surface area contributed by atoms with Crippen LogP contribution in [0.15, 0.2) is 60.0 Å². The van der Waals surface area contributed by atoms with Gasteiger partial charge in [-0.25, -0.2) is 14.8 Å². The molecule has 1 aromatic carbocycles. The molecule has 32 heavy (non-hydrogen) atoms. The summed E-state index contributed by atoms with van der Waals surface area (Å²) in [4.78, 5) is 34.2. The van der Waals surface area contributed by atoms with Crippen molar-refractivity contribution in [2.45, 2.75) is 6.18 Å². The standard InChI is InChI=1S/C21H16F3N3O5/c1-30-10-13(20(29)31-2)12-5-3-4-6-16(12)32-17-9-15(26-11-27-17)18-14(21(22,23)24)7-8-25-19(18)28/h3-11H,1-2H3,(H,25,28). The fourth-order valence-corrected chi connectivity index (χ4v) is 2.84. The number of nitrogens with one attached hydrogen (secondary N) is 1. The van der Waals surface area contributed by atoms with Gasteiger partial charge in [0.25, 0.3) is 5.56 Å². The highest BCUT2D eigenvalue weighted by molar-refractivity contribution is 6.17. The molecule has 8 nitrogen and oxygen atoms in total. The molecule has 0 aliphatic carbocycles. The molecule has 0 atom stereocenters. The summed E-state index contributed by atoms with van der Waals surface area (Å²) in [6, 6.07) is 8.16. The highest BCUT2D eigenvalue weighted by Gasteiger charge is 2.35. The van der Waals surface area contributed by atoms with Gasteiger partial charge in [0.1, 0.15) is 17.6 Å². The van der Waals surface area contributed by atoms with E-state index in [1.807, 2.05) is 0 Å². The summed E-state index contributed by atoms with van der Waals surface area (Å²) in [6.07, 6.45) is -1.74. The fourth-order valence-electron chi connectivity index (χ4n) is 2.84. The predicted molar refractivity (Wildman–Crippen MR) is 107 cm³/mol. The number of aromatic amines is 1. The lowest BCUT2D eigenvalue weighted by Gasteiger charge is -2.13. The van der Waals surface area contributed by atoms with Crippen molar-refractivity contribution in [1.29, 1.82) is 0 Å². The Labute approximate surface area is 179 Å². The van der Waals surface area contributed by atoms with E-state index in [1.54, 1.807) is 18.2 Å². The van der Waals surface area contributed by atoms with Crippen molar-refractivity contribution in [2.75, 3.05) is 14.2 Å². The van der Waals surface area contributed by atoms with Gasteiger partial charge in [-0.2, -0.15) is 13.2 Å². The van der Waals surface area contributed by atoms with Gasteiger partial charge >= 0.3 is 12.1 Å². The van der Waals surface area contributed by atoms with Gasteiger partial charge in [-0.05, 0) is 12.1 Å². The lowest BCUT2D eigenvalue weighted by Crippen LogP contribution is -2.17. The first kappa shape index (κ1) is 22.5. The molecule has 0 aliphatic heterocycles. The van der Waals surface area contributed by atoms with Crippen LogP contribution in [-0.4, -0.2) is 35.1 Å². The highest BCUT2D eigenvalue weighted by atomic mass is 19.4. The fraction of sp³-hybridized carbons (Fsp3) is 0.143. The van der Waals surface area contributed by atoms with Gasteiger partial charge in [-0.3, -0.25) is 4.79 Å². The van der Waals surface area contributed by atoms with Gasteiger partial charge in [-0.1, -0.05) is 18.2 Å². The average Bonchev–Trinajstić information content (AvgIpc) is 2.77. The van der Waals surface area contributed by atoms with E-state index in [-0.39, 0.29) is 28.5 Å². The summed E-state index contributed by atoms with van der Waals surface area (Å²) in [5.41, 5.74) is -2.76. The number of aromatic nitrogens is 3. The molecule has 0 bridgehead atoms. The Bertz CT molecular complexity index is 1220. The van der Waals surface area contributed by atoms with Crippen molar-refractivity contribution in [3.8, 4) is 22.9 Å². The predicted octanol–water partition coefficient (Wildman–Crippen LogP) is 3.80. The maximum Gasteiger partial charge on any atom is 0.417 e. The van der Waals surface area contributed by atoms with Crippen molar-refractivity contribution in [3.63, 3.8) is 0 Å². The van der Waals surface area contributed by atoms with Gasteiger partial charge in [0.2, 0.25) is 5.88 Å². The van der Waals surface area contributed by atoms with Crippen molar-refractivity contribution < 1.29 is 32.2 Å². The Morgan fingerprint density at radius 3 is 2.56 bits per heavy atom. The summed E-state index contributed by atoms with van der Waals surface area (Å²) >= 11 is 0. The SMILES string of the molecule is COC=C(C(=O)OC)c1ccccc1Oc1cc(-c2c(C(F)(F)F)cc[nH]c2=O)ncn1. The van der Waals surface area contributed by atoms with E-state index in [0.29, 0.717) is 0 Å². The summed E-state index contributed by atoms with van der Waals surface area (Å²) in [5, 5.41) is 0. The summed E-state index contributed by atoms with van der Waals surface area (Å²) in [6.45, 7) is 0. The second-order valence-electron chi connectivity index (χ2n) is 6.19. The third-order valence-corrected chi connectivity index (χ3v) is 4.20. The normalized spacial score (nSPS) is 11.7. The van der Waals surface area contributed by atoms with Crippen LogP contribution in [0.3, 0.4) is 0 Å². The third-order valence-electron chi connectivity index (χ3n) is 4.20. The number of rotatable bonds is 6. The average molecular weight is 447 g/mol. The Morgan fingerprint density at radius 1 is 1.12 bits per heavy atom. The first-order chi connectivity index (χ1) is 15.3. The van der Waals surface area contributed by atoms with Gasteiger partial charge in [0.15, 0.2) is 0 Å². The Morgan fingerprint density at radius 2 is 1.88 bits per heavy atom. The zero-order chi connectivity index (χ0) is 23.3. The Balaban J connectivity index is 2.06. The number of methoxy groups -OCH3 is 2. The van der Waals surface area contributed by atoms with Crippen LogP contribution >= 0.6 is 0 Å². The van der Waals surface area contributed by atoms with Gasteiger partial charge in [0, 0.05) is 17.8 Å². The zero-order valence-corrected chi connectivity index (χ0v) is 16.8. The van der Waals surface area contributed by atoms with Gasteiger partial charge in [-0.15, -0.1) is 0 Å². The molecule has 3 aromatic rings. The number of carbonyl (C=O) groups excluding carboxylic acids is 1. The molecular formula is C21H16F3N3O5. The van der Waals surface area contributed by atoms with Crippen LogP contribution in [0.5, 0.6) is 11.6 Å². The van der Waals surface area contributed by atoms with E-state index in [9.17, 15) is 22.8 Å².